The third-order valence-electron chi connectivity index (χ3n) is 6.64. The highest BCUT2D eigenvalue weighted by atomic mass is 32.1. The van der Waals surface area contributed by atoms with E-state index in [1.54, 1.807) is 34.4 Å². The van der Waals surface area contributed by atoms with E-state index in [4.69, 9.17) is 0 Å². The Balaban J connectivity index is 1.54. The molecule has 0 spiro atoms. The molecule has 1 aliphatic heterocycles. The fraction of sp³-hybridized carbons (Fsp3) is 0.286. The fourth-order valence-corrected chi connectivity index (χ4v) is 5.36. The molecule has 2 amide bonds. The molecule has 0 N–H and O–H groups in total. The molecule has 4 rings (SSSR count). The van der Waals surface area contributed by atoms with Crippen molar-refractivity contribution in [3.05, 3.63) is 104 Å². The van der Waals surface area contributed by atoms with Gasteiger partial charge in [0.2, 0.25) is 11.8 Å². The van der Waals surface area contributed by atoms with Crippen molar-refractivity contribution in [3.8, 4) is 0 Å². The van der Waals surface area contributed by atoms with E-state index in [-0.39, 0.29) is 36.1 Å². The number of benzene rings is 2. The predicted octanol–water partition coefficient (Wildman–Crippen LogP) is 5.47. The molecular weight excluding hydrogens is 474 g/mol. The minimum atomic E-state index is -0.461. The van der Waals surface area contributed by atoms with Gasteiger partial charge in [-0.15, -0.1) is 11.3 Å². The van der Waals surface area contributed by atoms with Gasteiger partial charge in [0.25, 0.3) is 5.69 Å². The van der Waals surface area contributed by atoms with Crippen LogP contribution in [-0.4, -0.2) is 45.7 Å². The zero-order chi connectivity index (χ0) is 25.7. The van der Waals surface area contributed by atoms with Crippen molar-refractivity contribution in [2.24, 2.45) is 0 Å². The summed E-state index contributed by atoms with van der Waals surface area (Å²) in [7, 11) is 0. The summed E-state index contributed by atoms with van der Waals surface area (Å²) in [5.41, 5.74) is 2.89. The summed E-state index contributed by atoms with van der Waals surface area (Å²) < 4.78 is 0. The van der Waals surface area contributed by atoms with Crippen LogP contribution in [-0.2, 0) is 16.0 Å². The molecule has 186 valence electrons. The van der Waals surface area contributed by atoms with E-state index < -0.39 is 4.92 Å². The largest absolute Gasteiger partial charge is 0.330 e. The van der Waals surface area contributed by atoms with E-state index in [2.05, 4.69) is 11.4 Å². The van der Waals surface area contributed by atoms with Gasteiger partial charge in [-0.25, -0.2) is 0 Å². The number of hydrogen-bond donors (Lipinski definition) is 0. The number of non-ortho nitro benzene ring substituents is 1. The van der Waals surface area contributed by atoms with Crippen molar-refractivity contribution >= 4 is 34.9 Å². The average Bonchev–Trinajstić information content (AvgIpc) is 3.39. The molecule has 8 heteroatoms. The second kappa shape index (κ2) is 11.3. The SMILES string of the molecule is CCC(C)N(CC(=O)N1CCc2sccc2C1c1ccccc1)C(=O)C=Cc1ccc([N+](=O)[O-])cc1. The number of nitrogens with zero attached hydrogens (tertiary/aromatic N) is 3. The molecule has 0 bridgehead atoms. The maximum absolute atomic E-state index is 13.7. The van der Waals surface area contributed by atoms with Gasteiger partial charge in [-0.3, -0.25) is 19.7 Å². The molecule has 1 aliphatic rings. The van der Waals surface area contributed by atoms with Crippen LogP contribution in [0.3, 0.4) is 0 Å². The molecule has 36 heavy (non-hydrogen) atoms. The number of thiophene rings is 1. The van der Waals surface area contributed by atoms with E-state index in [1.807, 2.05) is 49.1 Å². The van der Waals surface area contributed by atoms with E-state index >= 15 is 0 Å². The molecule has 2 aromatic carbocycles. The lowest BCUT2D eigenvalue weighted by Crippen LogP contribution is -2.48. The molecule has 7 nitrogen and oxygen atoms in total. The van der Waals surface area contributed by atoms with Crippen molar-refractivity contribution in [1.29, 1.82) is 0 Å². The smallest absolute Gasteiger partial charge is 0.269 e. The first-order valence-electron chi connectivity index (χ1n) is 12.0. The van der Waals surface area contributed by atoms with Crippen LogP contribution in [0.5, 0.6) is 0 Å². The van der Waals surface area contributed by atoms with E-state index in [1.165, 1.54) is 23.1 Å². The van der Waals surface area contributed by atoms with Gasteiger partial charge in [0.05, 0.1) is 11.0 Å². The molecule has 0 radical (unpaired) electrons. The first kappa shape index (κ1) is 25.3. The number of amides is 2. The number of carbonyl (C=O) groups is 2. The van der Waals surface area contributed by atoms with Gasteiger partial charge in [-0.1, -0.05) is 37.3 Å². The highest BCUT2D eigenvalue weighted by molar-refractivity contribution is 7.10. The minimum Gasteiger partial charge on any atom is -0.330 e. The molecule has 2 unspecified atom stereocenters. The summed E-state index contributed by atoms with van der Waals surface area (Å²) in [6, 6.07) is 17.8. The molecule has 2 heterocycles. The Kier molecular flexibility index (Phi) is 7.95. The zero-order valence-corrected chi connectivity index (χ0v) is 21.2. The van der Waals surface area contributed by atoms with Crippen molar-refractivity contribution in [2.75, 3.05) is 13.1 Å². The Morgan fingerprint density at radius 1 is 1.17 bits per heavy atom. The van der Waals surface area contributed by atoms with Crippen molar-refractivity contribution in [1.82, 2.24) is 9.80 Å². The summed E-state index contributed by atoms with van der Waals surface area (Å²) in [6.45, 7) is 4.52. The second-order valence-electron chi connectivity index (χ2n) is 8.85. The standard InChI is InChI=1S/C28H29N3O4S/c1-3-20(2)30(26(32)14-11-21-9-12-23(13-10-21)31(34)35)19-27(33)29-17-15-25-24(16-18-36-25)28(29)22-7-5-4-6-8-22/h4-14,16,18,20,28H,3,15,17,19H2,1-2H3. The number of hydrogen-bond acceptors (Lipinski definition) is 5. The number of nitro groups is 1. The third-order valence-corrected chi connectivity index (χ3v) is 7.63. The Morgan fingerprint density at radius 3 is 2.56 bits per heavy atom. The Bertz CT molecular complexity index is 1250. The molecule has 3 aromatic rings. The van der Waals surface area contributed by atoms with Crippen LogP contribution in [0.2, 0.25) is 0 Å². The van der Waals surface area contributed by atoms with Gasteiger partial charge in [0.1, 0.15) is 6.54 Å². The number of fused-ring (bicyclic) bond motifs is 1. The Hall–Kier alpha value is -3.78. The summed E-state index contributed by atoms with van der Waals surface area (Å²) >= 11 is 1.72. The minimum absolute atomic E-state index is 0.00594. The van der Waals surface area contributed by atoms with E-state index in [9.17, 15) is 19.7 Å². The van der Waals surface area contributed by atoms with Gasteiger partial charge < -0.3 is 9.80 Å². The number of carbonyl (C=O) groups excluding carboxylic acids is 2. The first-order chi connectivity index (χ1) is 17.4. The van der Waals surface area contributed by atoms with Crippen LogP contribution in [0.25, 0.3) is 6.08 Å². The lowest BCUT2D eigenvalue weighted by Gasteiger charge is -2.38. The van der Waals surface area contributed by atoms with Crippen LogP contribution in [0.1, 0.15) is 47.9 Å². The van der Waals surface area contributed by atoms with Crippen molar-refractivity contribution in [3.63, 3.8) is 0 Å². The first-order valence-corrected chi connectivity index (χ1v) is 12.9. The topological polar surface area (TPSA) is 83.8 Å². The van der Waals surface area contributed by atoms with Crippen LogP contribution in [0, 0.1) is 10.1 Å². The van der Waals surface area contributed by atoms with Crippen molar-refractivity contribution in [2.45, 2.75) is 38.8 Å². The van der Waals surface area contributed by atoms with Crippen LogP contribution >= 0.6 is 11.3 Å². The molecule has 1 aromatic heterocycles. The lowest BCUT2D eigenvalue weighted by atomic mass is 9.93. The normalized spacial score (nSPS) is 15.9. The van der Waals surface area contributed by atoms with Crippen LogP contribution < -0.4 is 0 Å². The van der Waals surface area contributed by atoms with Crippen LogP contribution in [0.15, 0.2) is 72.1 Å². The third kappa shape index (κ3) is 5.54. The van der Waals surface area contributed by atoms with Gasteiger partial charge >= 0.3 is 0 Å². The molecule has 0 saturated heterocycles. The summed E-state index contributed by atoms with van der Waals surface area (Å²) in [5, 5.41) is 12.9. The maximum Gasteiger partial charge on any atom is 0.269 e. The van der Waals surface area contributed by atoms with Crippen LogP contribution in [0.4, 0.5) is 5.69 Å². The molecule has 0 saturated carbocycles. The highest BCUT2D eigenvalue weighted by Crippen LogP contribution is 2.37. The van der Waals surface area contributed by atoms with Gasteiger partial charge in [0, 0.05) is 35.7 Å². The summed E-state index contributed by atoms with van der Waals surface area (Å²) in [5.74, 6) is -0.348. The maximum atomic E-state index is 13.7. The zero-order valence-electron chi connectivity index (χ0n) is 20.4. The van der Waals surface area contributed by atoms with E-state index in [0.717, 1.165) is 17.5 Å². The van der Waals surface area contributed by atoms with E-state index in [0.29, 0.717) is 18.5 Å². The average molecular weight is 504 g/mol. The Morgan fingerprint density at radius 2 is 1.89 bits per heavy atom. The quantitative estimate of drug-likeness (QED) is 0.232. The van der Waals surface area contributed by atoms with Gasteiger partial charge in [0.15, 0.2) is 0 Å². The van der Waals surface area contributed by atoms with Gasteiger partial charge in [-0.2, -0.15) is 0 Å². The molecule has 2 atom stereocenters. The number of rotatable bonds is 8. The summed E-state index contributed by atoms with van der Waals surface area (Å²) in [6.07, 6.45) is 4.57. The monoisotopic (exact) mass is 503 g/mol. The molecular formula is C28H29N3O4S. The lowest BCUT2D eigenvalue weighted by molar-refractivity contribution is -0.384. The highest BCUT2D eigenvalue weighted by Gasteiger charge is 2.34. The molecule has 0 fully saturated rings. The fourth-order valence-electron chi connectivity index (χ4n) is 4.46. The van der Waals surface area contributed by atoms with Crippen molar-refractivity contribution < 1.29 is 14.5 Å². The number of nitro benzene ring substituents is 1. The molecule has 0 aliphatic carbocycles. The Labute approximate surface area is 214 Å². The second-order valence-corrected chi connectivity index (χ2v) is 9.86. The predicted molar refractivity (Wildman–Crippen MR) is 142 cm³/mol. The van der Waals surface area contributed by atoms with Gasteiger partial charge in [-0.05, 0) is 66.1 Å². The summed E-state index contributed by atoms with van der Waals surface area (Å²) in [4.78, 5) is 42.1.